The summed E-state index contributed by atoms with van der Waals surface area (Å²) in [6.45, 7) is 9.05. The van der Waals surface area contributed by atoms with Gasteiger partial charge in [-0.3, -0.25) is 9.69 Å². The Morgan fingerprint density at radius 1 is 1.09 bits per heavy atom. The van der Waals surface area contributed by atoms with Gasteiger partial charge in [0, 0.05) is 50.5 Å². The van der Waals surface area contributed by atoms with Crippen LogP contribution < -0.4 is 9.64 Å². The summed E-state index contributed by atoms with van der Waals surface area (Å²) in [7, 11) is 5.75. The van der Waals surface area contributed by atoms with Crippen LogP contribution >= 0.6 is 0 Å². The third-order valence-corrected chi connectivity index (χ3v) is 6.25. The average Bonchev–Trinajstić information content (AvgIpc) is 2.79. The summed E-state index contributed by atoms with van der Waals surface area (Å²) in [5.74, 6) is 2.10. The van der Waals surface area contributed by atoms with Crippen molar-refractivity contribution in [2.75, 3.05) is 52.3 Å². The Labute approximate surface area is 194 Å². The van der Waals surface area contributed by atoms with Crippen molar-refractivity contribution in [3.63, 3.8) is 0 Å². The van der Waals surface area contributed by atoms with Crippen LogP contribution in [0.3, 0.4) is 0 Å². The molecule has 0 aromatic heterocycles. The van der Waals surface area contributed by atoms with Gasteiger partial charge in [-0.2, -0.15) is 0 Å². The predicted octanol–water partition coefficient (Wildman–Crippen LogP) is 4.77. The number of carbonyl (C=O) groups is 1. The quantitative estimate of drug-likeness (QED) is 0.566. The van der Waals surface area contributed by atoms with Gasteiger partial charge in [-0.15, -0.1) is 0 Å². The zero-order chi connectivity index (χ0) is 23.1. The van der Waals surface area contributed by atoms with Gasteiger partial charge in [0.1, 0.15) is 5.75 Å². The molecule has 32 heavy (non-hydrogen) atoms. The lowest BCUT2D eigenvalue weighted by molar-refractivity contribution is 0.0663. The third-order valence-electron chi connectivity index (χ3n) is 6.25. The summed E-state index contributed by atoms with van der Waals surface area (Å²) in [5, 5.41) is 0. The van der Waals surface area contributed by atoms with Crippen LogP contribution in [0.4, 0.5) is 5.69 Å². The van der Waals surface area contributed by atoms with Crippen molar-refractivity contribution in [2.45, 2.75) is 33.2 Å². The number of rotatable bonds is 9. The van der Waals surface area contributed by atoms with E-state index >= 15 is 0 Å². The Balaban J connectivity index is 1.61. The summed E-state index contributed by atoms with van der Waals surface area (Å²) in [4.78, 5) is 20.0. The van der Waals surface area contributed by atoms with Crippen LogP contribution in [0.25, 0.3) is 0 Å². The first-order valence-electron chi connectivity index (χ1n) is 11.8. The van der Waals surface area contributed by atoms with Gasteiger partial charge < -0.3 is 14.5 Å². The van der Waals surface area contributed by atoms with Crippen molar-refractivity contribution in [3.05, 3.63) is 59.7 Å². The van der Waals surface area contributed by atoms with Gasteiger partial charge in [-0.05, 0) is 62.0 Å². The standard InChI is InChI=1S/C27H39N3O2/c1-21(2)18-30(27(31)23-10-8-11-25(17-23)28(3)4)19-22-13-15-29(16-14-22)20-24-9-6-7-12-26(24)32-5/h6-12,17,21-22H,13-16,18-20H2,1-5H3. The molecule has 0 spiro atoms. The Bertz CT molecular complexity index is 873. The second-order valence-electron chi connectivity index (χ2n) is 9.58. The second-order valence-corrected chi connectivity index (χ2v) is 9.58. The molecule has 0 aliphatic carbocycles. The molecule has 1 amide bonds. The van der Waals surface area contributed by atoms with Crippen LogP contribution in [0.15, 0.2) is 48.5 Å². The number of nitrogens with zero attached hydrogens (tertiary/aromatic N) is 3. The number of hydrogen-bond donors (Lipinski definition) is 0. The topological polar surface area (TPSA) is 36.0 Å². The lowest BCUT2D eigenvalue weighted by Crippen LogP contribution is -2.42. The molecule has 1 aliphatic heterocycles. The molecule has 1 saturated heterocycles. The molecule has 0 saturated carbocycles. The molecule has 1 fully saturated rings. The van der Waals surface area contributed by atoms with Gasteiger partial charge in [-0.1, -0.05) is 38.1 Å². The van der Waals surface area contributed by atoms with E-state index in [0.29, 0.717) is 11.8 Å². The molecule has 3 rings (SSSR count). The molecule has 0 atom stereocenters. The Hall–Kier alpha value is -2.53. The van der Waals surface area contributed by atoms with Crippen LogP contribution in [0.5, 0.6) is 5.75 Å². The fraction of sp³-hybridized carbons (Fsp3) is 0.519. The van der Waals surface area contributed by atoms with Gasteiger partial charge in [0.2, 0.25) is 0 Å². The van der Waals surface area contributed by atoms with Crippen molar-refractivity contribution in [3.8, 4) is 5.75 Å². The van der Waals surface area contributed by atoms with E-state index < -0.39 is 0 Å². The predicted molar refractivity (Wildman–Crippen MR) is 133 cm³/mol. The molecule has 5 nitrogen and oxygen atoms in total. The number of para-hydroxylation sites is 1. The van der Waals surface area contributed by atoms with Crippen LogP contribution in [-0.2, 0) is 6.54 Å². The van der Waals surface area contributed by atoms with Gasteiger partial charge in [-0.25, -0.2) is 0 Å². The van der Waals surface area contributed by atoms with Crippen molar-refractivity contribution >= 4 is 11.6 Å². The first-order chi connectivity index (χ1) is 15.4. The average molecular weight is 438 g/mol. The van der Waals surface area contributed by atoms with Gasteiger partial charge in [0.25, 0.3) is 5.91 Å². The van der Waals surface area contributed by atoms with E-state index in [1.165, 1.54) is 5.56 Å². The van der Waals surface area contributed by atoms with Crippen molar-refractivity contribution < 1.29 is 9.53 Å². The fourth-order valence-electron chi connectivity index (χ4n) is 4.49. The SMILES string of the molecule is COc1ccccc1CN1CCC(CN(CC(C)C)C(=O)c2cccc(N(C)C)c2)CC1. The van der Waals surface area contributed by atoms with Crippen LogP contribution in [0.2, 0.25) is 0 Å². The fourth-order valence-corrected chi connectivity index (χ4v) is 4.49. The van der Waals surface area contributed by atoms with Crippen LogP contribution in [0, 0.1) is 11.8 Å². The normalized spacial score (nSPS) is 15.1. The third kappa shape index (κ3) is 6.49. The Kier molecular flexibility index (Phi) is 8.57. The van der Waals surface area contributed by atoms with Crippen LogP contribution in [0.1, 0.15) is 42.6 Å². The van der Waals surface area contributed by atoms with E-state index in [9.17, 15) is 4.79 Å². The largest absolute Gasteiger partial charge is 0.496 e. The summed E-state index contributed by atoms with van der Waals surface area (Å²) < 4.78 is 5.52. The number of amides is 1. The van der Waals surface area contributed by atoms with Crippen molar-refractivity contribution in [1.82, 2.24) is 9.80 Å². The lowest BCUT2D eigenvalue weighted by atomic mass is 9.95. The molecule has 2 aromatic rings. The van der Waals surface area contributed by atoms with Gasteiger partial charge in [0.15, 0.2) is 0 Å². The highest BCUT2D eigenvalue weighted by molar-refractivity contribution is 5.95. The summed E-state index contributed by atoms with van der Waals surface area (Å²) in [6.07, 6.45) is 2.24. The summed E-state index contributed by atoms with van der Waals surface area (Å²) in [5.41, 5.74) is 3.08. The molecule has 174 valence electrons. The highest BCUT2D eigenvalue weighted by Gasteiger charge is 2.25. The van der Waals surface area contributed by atoms with Crippen molar-refractivity contribution in [1.29, 1.82) is 0 Å². The highest BCUT2D eigenvalue weighted by atomic mass is 16.5. The molecule has 1 heterocycles. The Morgan fingerprint density at radius 2 is 1.81 bits per heavy atom. The van der Waals surface area contributed by atoms with Gasteiger partial charge >= 0.3 is 0 Å². The Morgan fingerprint density at radius 3 is 2.47 bits per heavy atom. The van der Waals surface area contributed by atoms with E-state index in [-0.39, 0.29) is 5.91 Å². The molecule has 5 heteroatoms. The van der Waals surface area contributed by atoms with E-state index in [0.717, 1.165) is 62.6 Å². The summed E-state index contributed by atoms with van der Waals surface area (Å²) >= 11 is 0. The zero-order valence-electron chi connectivity index (χ0n) is 20.4. The second kappa shape index (κ2) is 11.4. The molecular weight excluding hydrogens is 398 g/mol. The van der Waals surface area contributed by atoms with E-state index in [1.807, 2.05) is 55.4 Å². The minimum atomic E-state index is 0.152. The van der Waals surface area contributed by atoms with E-state index in [4.69, 9.17) is 4.74 Å². The van der Waals surface area contributed by atoms with E-state index in [2.05, 4.69) is 35.8 Å². The zero-order valence-corrected chi connectivity index (χ0v) is 20.4. The number of carbonyl (C=O) groups excluding carboxylic acids is 1. The maximum Gasteiger partial charge on any atom is 0.253 e. The number of ether oxygens (including phenoxy) is 1. The molecule has 1 aliphatic rings. The maximum atomic E-state index is 13.4. The molecule has 0 radical (unpaired) electrons. The first-order valence-corrected chi connectivity index (χ1v) is 11.8. The smallest absolute Gasteiger partial charge is 0.253 e. The first kappa shape index (κ1) is 24.1. The lowest BCUT2D eigenvalue weighted by Gasteiger charge is -2.35. The minimum Gasteiger partial charge on any atom is -0.496 e. The van der Waals surface area contributed by atoms with E-state index in [1.54, 1.807) is 7.11 Å². The minimum absolute atomic E-state index is 0.152. The number of benzene rings is 2. The number of anilines is 1. The molecular formula is C27H39N3O2. The number of piperidine rings is 1. The van der Waals surface area contributed by atoms with Crippen LogP contribution in [-0.4, -0.2) is 63.1 Å². The molecule has 0 N–H and O–H groups in total. The number of likely N-dealkylation sites (tertiary alicyclic amines) is 1. The maximum absolute atomic E-state index is 13.4. The van der Waals surface area contributed by atoms with Gasteiger partial charge in [0.05, 0.1) is 7.11 Å². The molecule has 2 aromatic carbocycles. The molecule has 0 bridgehead atoms. The number of methoxy groups -OCH3 is 1. The number of hydrogen-bond acceptors (Lipinski definition) is 4. The highest BCUT2D eigenvalue weighted by Crippen LogP contribution is 2.25. The molecule has 0 unspecified atom stereocenters. The summed E-state index contributed by atoms with van der Waals surface area (Å²) in [6, 6.07) is 16.2. The monoisotopic (exact) mass is 437 g/mol. The van der Waals surface area contributed by atoms with Crippen molar-refractivity contribution in [2.24, 2.45) is 11.8 Å².